The molecule has 0 radical (unpaired) electrons. The molecule has 0 aliphatic carbocycles. The molecule has 19 heavy (non-hydrogen) atoms. The second kappa shape index (κ2) is 5.78. The first kappa shape index (κ1) is 14.8. The predicted octanol–water partition coefficient (Wildman–Crippen LogP) is 1.22. The first-order valence-electron chi connectivity index (χ1n) is 7.15. The summed E-state index contributed by atoms with van der Waals surface area (Å²) < 4.78 is 26.5. The Bertz CT molecular complexity index is 445. The smallest absolute Gasteiger partial charge is 0.230 e. The van der Waals surface area contributed by atoms with Gasteiger partial charge in [0.15, 0.2) is 5.25 Å². The van der Waals surface area contributed by atoms with Gasteiger partial charge in [-0.25, -0.2) is 8.42 Å². The molecule has 1 N–H and O–H groups in total. The molecule has 2 aliphatic rings. The van der Waals surface area contributed by atoms with E-state index in [2.05, 4.69) is 5.32 Å². The van der Waals surface area contributed by atoms with E-state index in [1.54, 1.807) is 4.31 Å². The summed E-state index contributed by atoms with van der Waals surface area (Å²) >= 11 is 0. The highest BCUT2D eigenvalue weighted by atomic mass is 32.2. The van der Waals surface area contributed by atoms with Crippen LogP contribution in [0.4, 0.5) is 0 Å². The Morgan fingerprint density at radius 1 is 1.37 bits per heavy atom. The molecule has 0 aromatic rings. The molecule has 0 aromatic carbocycles. The van der Waals surface area contributed by atoms with Crippen molar-refractivity contribution in [3.63, 3.8) is 0 Å². The van der Waals surface area contributed by atoms with Gasteiger partial charge in [-0.15, -0.1) is 0 Å². The molecule has 0 saturated carbocycles. The van der Waals surface area contributed by atoms with E-state index in [1.807, 2.05) is 13.0 Å². The molecule has 0 aromatic heterocycles. The lowest BCUT2D eigenvalue weighted by Crippen LogP contribution is -2.52. The van der Waals surface area contributed by atoms with Crippen molar-refractivity contribution in [2.45, 2.75) is 69.3 Å². The second-order valence-corrected chi connectivity index (χ2v) is 7.90. The summed E-state index contributed by atoms with van der Waals surface area (Å²) in [7, 11) is -3.49. The van der Waals surface area contributed by atoms with Gasteiger partial charge in [-0.05, 0) is 39.0 Å². The van der Waals surface area contributed by atoms with E-state index in [1.165, 1.54) is 6.92 Å². The molecule has 2 fully saturated rings. The Balaban J connectivity index is 2.19. The number of hydrogen-bond donors (Lipinski definition) is 1. The van der Waals surface area contributed by atoms with Crippen molar-refractivity contribution in [2.75, 3.05) is 6.54 Å². The normalized spacial score (nSPS) is 32.2. The Morgan fingerprint density at radius 2 is 1.95 bits per heavy atom. The third-order valence-electron chi connectivity index (χ3n) is 4.25. The van der Waals surface area contributed by atoms with Crippen molar-refractivity contribution < 1.29 is 8.42 Å². The van der Waals surface area contributed by atoms with Crippen molar-refractivity contribution in [1.82, 2.24) is 9.62 Å². The fourth-order valence-corrected chi connectivity index (χ4v) is 4.83. The summed E-state index contributed by atoms with van der Waals surface area (Å²) in [6, 6.07) is 2.85. The Hall–Kier alpha value is -0.640. The van der Waals surface area contributed by atoms with Crippen molar-refractivity contribution in [1.29, 1.82) is 5.26 Å². The van der Waals surface area contributed by atoms with Crippen LogP contribution in [0.1, 0.15) is 46.0 Å². The van der Waals surface area contributed by atoms with Gasteiger partial charge in [0, 0.05) is 24.7 Å². The molecule has 5 nitrogen and oxygen atoms in total. The maximum atomic E-state index is 12.5. The van der Waals surface area contributed by atoms with Crippen molar-refractivity contribution in [2.24, 2.45) is 0 Å². The van der Waals surface area contributed by atoms with Crippen LogP contribution in [0.25, 0.3) is 0 Å². The first-order chi connectivity index (χ1) is 8.98. The summed E-state index contributed by atoms with van der Waals surface area (Å²) in [5.74, 6) is 0. The lowest BCUT2D eigenvalue weighted by atomic mass is 10.00. The molecular formula is C13H23N3O2S. The van der Waals surface area contributed by atoms with Crippen LogP contribution < -0.4 is 5.32 Å². The molecule has 3 atom stereocenters. The zero-order valence-corrected chi connectivity index (χ0v) is 12.5. The molecule has 108 valence electrons. The Labute approximate surface area is 116 Å². The minimum Gasteiger partial charge on any atom is -0.311 e. The summed E-state index contributed by atoms with van der Waals surface area (Å²) in [6.45, 7) is 3.99. The fraction of sp³-hybridized carbons (Fsp3) is 0.923. The number of fused-ring (bicyclic) bond motifs is 2. The Kier molecular flexibility index (Phi) is 4.49. The molecule has 2 bridgehead atoms. The minimum absolute atomic E-state index is 0.0690. The van der Waals surface area contributed by atoms with Crippen LogP contribution in [0.5, 0.6) is 0 Å². The second-order valence-electron chi connectivity index (χ2n) is 5.69. The number of sulfonamides is 1. The maximum absolute atomic E-state index is 12.5. The standard InChI is InChI=1S/C13H23N3O2S/c1-3-6-16(19(17,18)10(2)9-14)13-7-11-4-5-12(8-13)15-11/h10-13,15H,3-8H2,1-2H3. The number of hydrogen-bond acceptors (Lipinski definition) is 4. The zero-order valence-electron chi connectivity index (χ0n) is 11.7. The van der Waals surface area contributed by atoms with Gasteiger partial charge in [0.1, 0.15) is 0 Å². The van der Waals surface area contributed by atoms with E-state index in [0.717, 1.165) is 32.1 Å². The van der Waals surface area contributed by atoms with Gasteiger partial charge in [0.05, 0.1) is 6.07 Å². The predicted molar refractivity (Wildman–Crippen MR) is 74.0 cm³/mol. The van der Waals surface area contributed by atoms with Crippen LogP contribution in [0.2, 0.25) is 0 Å². The third kappa shape index (κ3) is 2.93. The van der Waals surface area contributed by atoms with Crippen molar-refractivity contribution >= 4 is 10.0 Å². The number of nitrogens with one attached hydrogen (secondary N) is 1. The van der Waals surface area contributed by atoms with Crippen LogP contribution in [-0.4, -0.2) is 42.6 Å². The van der Waals surface area contributed by atoms with Gasteiger partial charge in [-0.2, -0.15) is 9.57 Å². The van der Waals surface area contributed by atoms with Gasteiger partial charge in [-0.1, -0.05) is 6.92 Å². The highest BCUT2D eigenvalue weighted by Gasteiger charge is 2.41. The molecule has 0 amide bonds. The van der Waals surface area contributed by atoms with Crippen LogP contribution >= 0.6 is 0 Å². The van der Waals surface area contributed by atoms with Crippen molar-refractivity contribution in [3.05, 3.63) is 0 Å². The Morgan fingerprint density at radius 3 is 2.42 bits per heavy atom. The number of nitriles is 1. The van der Waals surface area contributed by atoms with E-state index >= 15 is 0 Å². The van der Waals surface area contributed by atoms with Crippen LogP contribution in [0, 0.1) is 11.3 Å². The molecule has 2 saturated heterocycles. The molecule has 6 heteroatoms. The average molecular weight is 285 g/mol. The number of nitrogens with zero attached hydrogens (tertiary/aromatic N) is 2. The van der Waals surface area contributed by atoms with Crippen LogP contribution in [-0.2, 0) is 10.0 Å². The largest absolute Gasteiger partial charge is 0.311 e. The molecule has 0 spiro atoms. The van der Waals surface area contributed by atoms with E-state index in [-0.39, 0.29) is 6.04 Å². The van der Waals surface area contributed by atoms with Crippen molar-refractivity contribution in [3.8, 4) is 6.07 Å². The molecular weight excluding hydrogens is 262 g/mol. The van der Waals surface area contributed by atoms with Gasteiger partial charge in [0.25, 0.3) is 0 Å². The monoisotopic (exact) mass is 285 g/mol. The summed E-state index contributed by atoms with van der Waals surface area (Å²) in [6.07, 6.45) is 4.85. The van der Waals surface area contributed by atoms with Gasteiger partial charge in [-0.3, -0.25) is 0 Å². The van der Waals surface area contributed by atoms with Gasteiger partial charge in [0.2, 0.25) is 10.0 Å². The van der Waals surface area contributed by atoms with E-state index in [0.29, 0.717) is 18.6 Å². The SMILES string of the molecule is CCCN(C1CC2CCC(C1)N2)S(=O)(=O)C(C)C#N. The van der Waals surface area contributed by atoms with E-state index < -0.39 is 15.3 Å². The number of rotatable bonds is 5. The van der Waals surface area contributed by atoms with Crippen LogP contribution in [0.15, 0.2) is 0 Å². The maximum Gasteiger partial charge on any atom is 0.230 e. The summed E-state index contributed by atoms with van der Waals surface area (Å²) in [5.41, 5.74) is 0. The summed E-state index contributed by atoms with van der Waals surface area (Å²) in [4.78, 5) is 0. The first-order valence-corrected chi connectivity index (χ1v) is 8.65. The fourth-order valence-electron chi connectivity index (χ4n) is 3.27. The lowest BCUT2D eigenvalue weighted by Gasteiger charge is -2.37. The minimum atomic E-state index is -3.49. The summed E-state index contributed by atoms with van der Waals surface area (Å²) in [5, 5.41) is 11.5. The third-order valence-corrected chi connectivity index (χ3v) is 6.39. The molecule has 2 aliphatic heterocycles. The lowest BCUT2D eigenvalue weighted by molar-refractivity contribution is 0.225. The van der Waals surface area contributed by atoms with Gasteiger partial charge < -0.3 is 5.32 Å². The van der Waals surface area contributed by atoms with Gasteiger partial charge >= 0.3 is 0 Å². The average Bonchev–Trinajstić information content (AvgIpc) is 2.73. The van der Waals surface area contributed by atoms with Crippen LogP contribution in [0.3, 0.4) is 0 Å². The topological polar surface area (TPSA) is 73.2 Å². The van der Waals surface area contributed by atoms with E-state index in [4.69, 9.17) is 5.26 Å². The molecule has 3 unspecified atom stereocenters. The number of piperidine rings is 1. The molecule has 2 heterocycles. The highest BCUT2D eigenvalue weighted by molar-refractivity contribution is 7.90. The zero-order chi connectivity index (χ0) is 14.0. The molecule has 2 rings (SSSR count). The quantitative estimate of drug-likeness (QED) is 0.824. The van der Waals surface area contributed by atoms with E-state index in [9.17, 15) is 8.42 Å². The highest BCUT2D eigenvalue weighted by Crippen LogP contribution is 2.31.